The van der Waals surface area contributed by atoms with Crippen LogP contribution in [0.15, 0.2) is 39.8 Å². The lowest BCUT2D eigenvalue weighted by Crippen LogP contribution is -1.96. The molecule has 0 fully saturated rings. The third-order valence-electron chi connectivity index (χ3n) is 1.71. The third-order valence-corrected chi connectivity index (χ3v) is 2.89. The molecule has 3 heteroatoms. The van der Waals surface area contributed by atoms with E-state index < -0.39 is 6.10 Å². The van der Waals surface area contributed by atoms with Crippen molar-refractivity contribution >= 4 is 31.9 Å². The summed E-state index contributed by atoms with van der Waals surface area (Å²) in [6.45, 7) is 3.59. The van der Waals surface area contributed by atoms with E-state index in [1.807, 2.05) is 18.2 Å². The highest BCUT2D eigenvalue weighted by atomic mass is 79.9. The largest absolute Gasteiger partial charge is 0.388 e. The van der Waals surface area contributed by atoms with E-state index in [-0.39, 0.29) is 0 Å². The zero-order valence-corrected chi connectivity index (χ0v) is 10.2. The number of halogens is 2. The van der Waals surface area contributed by atoms with E-state index in [2.05, 4.69) is 38.4 Å². The van der Waals surface area contributed by atoms with Crippen molar-refractivity contribution in [1.82, 2.24) is 0 Å². The maximum absolute atomic E-state index is 9.68. The van der Waals surface area contributed by atoms with Gasteiger partial charge >= 0.3 is 0 Å². The molecule has 0 aliphatic heterocycles. The Morgan fingerprint density at radius 1 is 1.46 bits per heavy atom. The molecule has 0 spiro atoms. The summed E-state index contributed by atoms with van der Waals surface area (Å²) in [6.07, 6.45) is 1.80. The molecule has 0 amide bonds. The molecule has 70 valence electrons. The summed E-state index contributed by atoms with van der Waals surface area (Å²) < 4.78 is 1.91. The number of aliphatic hydroxyl groups is 1. The van der Waals surface area contributed by atoms with Gasteiger partial charge in [-0.15, -0.1) is 6.58 Å². The van der Waals surface area contributed by atoms with E-state index >= 15 is 0 Å². The highest BCUT2D eigenvalue weighted by Gasteiger charge is 2.09. The lowest BCUT2D eigenvalue weighted by molar-refractivity contribution is 0.181. The second-order valence-corrected chi connectivity index (χ2v) is 4.48. The summed E-state index contributed by atoms with van der Waals surface area (Å²) in [5.41, 5.74) is 0.892. The van der Waals surface area contributed by atoms with Crippen molar-refractivity contribution < 1.29 is 5.11 Å². The van der Waals surface area contributed by atoms with Crippen molar-refractivity contribution in [3.63, 3.8) is 0 Å². The summed E-state index contributed by atoms with van der Waals surface area (Å²) in [4.78, 5) is 0. The minimum atomic E-state index is -0.472. The predicted octanol–water partition coefficient (Wildman–Crippen LogP) is 3.82. The molecule has 1 aromatic rings. The lowest BCUT2D eigenvalue weighted by atomic mass is 10.1. The van der Waals surface area contributed by atoms with Gasteiger partial charge in [0.2, 0.25) is 0 Å². The highest BCUT2D eigenvalue weighted by Crippen LogP contribution is 2.28. The Bertz CT molecular complexity index is 310. The van der Waals surface area contributed by atoms with Crippen molar-refractivity contribution in [2.45, 2.75) is 12.5 Å². The van der Waals surface area contributed by atoms with Crippen molar-refractivity contribution in [3.05, 3.63) is 45.4 Å². The van der Waals surface area contributed by atoms with Crippen LogP contribution in [-0.4, -0.2) is 5.11 Å². The highest BCUT2D eigenvalue weighted by molar-refractivity contribution is 9.11. The first-order valence-electron chi connectivity index (χ1n) is 3.89. The molecule has 0 aliphatic rings. The molecule has 13 heavy (non-hydrogen) atoms. The van der Waals surface area contributed by atoms with Gasteiger partial charge in [-0.25, -0.2) is 0 Å². The summed E-state index contributed by atoms with van der Waals surface area (Å²) in [5, 5.41) is 9.68. The number of benzene rings is 1. The van der Waals surface area contributed by atoms with Gasteiger partial charge in [0.25, 0.3) is 0 Å². The van der Waals surface area contributed by atoms with E-state index in [0.29, 0.717) is 6.42 Å². The molecule has 0 saturated heterocycles. The molecule has 1 unspecified atom stereocenters. The van der Waals surface area contributed by atoms with Crippen molar-refractivity contribution in [3.8, 4) is 0 Å². The van der Waals surface area contributed by atoms with Gasteiger partial charge < -0.3 is 5.11 Å². The number of hydrogen-bond donors (Lipinski definition) is 1. The molecular weight excluding hydrogens is 296 g/mol. The van der Waals surface area contributed by atoms with E-state index in [9.17, 15) is 5.11 Å². The van der Waals surface area contributed by atoms with Gasteiger partial charge in [0.1, 0.15) is 0 Å². The quantitative estimate of drug-likeness (QED) is 0.842. The molecule has 0 radical (unpaired) electrons. The Balaban J connectivity index is 2.94. The Hall–Kier alpha value is -0.120. The lowest BCUT2D eigenvalue weighted by Gasteiger charge is -2.10. The molecule has 0 aromatic heterocycles. The fourth-order valence-corrected chi connectivity index (χ4v) is 2.37. The first kappa shape index (κ1) is 11.0. The average molecular weight is 306 g/mol. The smallest absolute Gasteiger partial charge is 0.0835 e. The van der Waals surface area contributed by atoms with Gasteiger partial charge in [-0.3, -0.25) is 0 Å². The van der Waals surface area contributed by atoms with Crippen LogP contribution >= 0.6 is 31.9 Å². The molecule has 1 aromatic carbocycles. The van der Waals surface area contributed by atoms with Gasteiger partial charge in [-0.05, 0) is 24.1 Å². The molecule has 0 heterocycles. The van der Waals surface area contributed by atoms with Crippen LogP contribution in [0.25, 0.3) is 0 Å². The predicted molar refractivity (Wildman–Crippen MR) is 61.6 cm³/mol. The summed E-state index contributed by atoms with van der Waals surface area (Å²) in [5.74, 6) is 0. The van der Waals surface area contributed by atoms with E-state index in [4.69, 9.17) is 0 Å². The number of rotatable bonds is 3. The second kappa shape index (κ2) is 4.94. The Morgan fingerprint density at radius 2 is 2.15 bits per heavy atom. The van der Waals surface area contributed by atoms with Crippen molar-refractivity contribution in [2.75, 3.05) is 0 Å². The van der Waals surface area contributed by atoms with Crippen molar-refractivity contribution in [1.29, 1.82) is 0 Å². The average Bonchev–Trinajstić information content (AvgIpc) is 2.04. The Labute approximate surface area is 94.7 Å². The minimum Gasteiger partial charge on any atom is -0.388 e. The molecular formula is C10H10Br2O. The maximum Gasteiger partial charge on any atom is 0.0835 e. The van der Waals surface area contributed by atoms with E-state index in [1.165, 1.54) is 0 Å². The van der Waals surface area contributed by atoms with Gasteiger partial charge in [0.15, 0.2) is 0 Å². The maximum atomic E-state index is 9.68. The van der Waals surface area contributed by atoms with Gasteiger partial charge in [0, 0.05) is 8.95 Å². The van der Waals surface area contributed by atoms with Gasteiger partial charge in [-0.1, -0.05) is 44.0 Å². The summed E-state index contributed by atoms with van der Waals surface area (Å²) in [6, 6.07) is 5.72. The van der Waals surface area contributed by atoms with Crippen LogP contribution in [-0.2, 0) is 0 Å². The van der Waals surface area contributed by atoms with Crippen LogP contribution in [0, 0.1) is 0 Å². The molecule has 1 nitrogen and oxygen atoms in total. The molecule has 1 atom stereocenters. The summed E-state index contributed by atoms with van der Waals surface area (Å²) >= 11 is 6.75. The Morgan fingerprint density at radius 3 is 2.69 bits per heavy atom. The Kier molecular flexibility index (Phi) is 4.16. The van der Waals surface area contributed by atoms with Crippen LogP contribution in [0.4, 0.5) is 0 Å². The zero-order valence-electron chi connectivity index (χ0n) is 7.00. The van der Waals surface area contributed by atoms with Crippen LogP contribution in [0.5, 0.6) is 0 Å². The minimum absolute atomic E-state index is 0.472. The van der Waals surface area contributed by atoms with Crippen LogP contribution < -0.4 is 0 Å². The van der Waals surface area contributed by atoms with Crippen molar-refractivity contribution in [2.24, 2.45) is 0 Å². The van der Waals surface area contributed by atoms with E-state index in [0.717, 1.165) is 14.5 Å². The molecule has 1 rings (SSSR count). The SMILES string of the molecule is C=CCC(O)c1ccc(Br)cc1Br. The van der Waals surface area contributed by atoms with E-state index in [1.54, 1.807) is 6.08 Å². The topological polar surface area (TPSA) is 20.2 Å². The fraction of sp³-hybridized carbons (Fsp3) is 0.200. The first-order valence-corrected chi connectivity index (χ1v) is 5.47. The van der Waals surface area contributed by atoms with Gasteiger partial charge in [-0.2, -0.15) is 0 Å². The fourth-order valence-electron chi connectivity index (χ4n) is 1.06. The molecule has 0 saturated carbocycles. The first-order chi connectivity index (χ1) is 6.15. The molecule has 0 bridgehead atoms. The number of aliphatic hydroxyl groups excluding tert-OH is 1. The molecule has 0 aliphatic carbocycles. The second-order valence-electron chi connectivity index (χ2n) is 2.71. The standard InChI is InChI=1S/C10H10Br2O/c1-2-3-10(13)8-5-4-7(11)6-9(8)12/h2,4-6,10,13H,1,3H2. The molecule has 1 N–H and O–H groups in total. The zero-order chi connectivity index (χ0) is 9.84. The van der Waals surface area contributed by atoms with Crippen LogP contribution in [0.1, 0.15) is 18.1 Å². The number of hydrogen-bond acceptors (Lipinski definition) is 1. The van der Waals surface area contributed by atoms with Crippen LogP contribution in [0.3, 0.4) is 0 Å². The normalized spacial score (nSPS) is 12.5. The monoisotopic (exact) mass is 304 g/mol. The third kappa shape index (κ3) is 2.93. The summed E-state index contributed by atoms with van der Waals surface area (Å²) in [7, 11) is 0. The van der Waals surface area contributed by atoms with Crippen LogP contribution in [0.2, 0.25) is 0 Å². The van der Waals surface area contributed by atoms with Gasteiger partial charge in [0.05, 0.1) is 6.10 Å².